The molecule has 0 saturated heterocycles. The summed E-state index contributed by atoms with van der Waals surface area (Å²) in [6.45, 7) is 6.57. The van der Waals surface area contributed by atoms with Gasteiger partial charge >= 0.3 is 0 Å². The van der Waals surface area contributed by atoms with Gasteiger partial charge in [0.2, 0.25) is 11.0 Å². The van der Waals surface area contributed by atoms with Crippen molar-refractivity contribution in [1.82, 2.24) is 20.3 Å². The Morgan fingerprint density at radius 2 is 2.12 bits per heavy atom. The lowest BCUT2D eigenvalue weighted by Gasteiger charge is -2.09. The fourth-order valence-electron chi connectivity index (χ4n) is 2.05. The van der Waals surface area contributed by atoms with E-state index in [0.29, 0.717) is 17.6 Å². The summed E-state index contributed by atoms with van der Waals surface area (Å²) in [4.78, 5) is 4.36. The first-order valence-corrected chi connectivity index (χ1v) is 9.70. The second-order valence-electron chi connectivity index (χ2n) is 5.09. The van der Waals surface area contributed by atoms with E-state index >= 15 is 0 Å². The van der Waals surface area contributed by atoms with Crippen LogP contribution in [0.25, 0.3) is 0 Å². The van der Waals surface area contributed by atoms with Crippen LogP contribution in [-0.4, -0.2) is 26.9 Å². The molecule has 1 N–H and O–H groups in total. The van der Waals surface area contributed by atoms with Crippen molar-refractivity contribution in [1.29, 1.82) is 0 Å². The number of para-hydroxylation sites is 2. The fourth-order valence-corrected chi connectivity index (χ4v) is 3.99. The van der Waals surface area contributed by atoms with E-state index in [2.05, 4.69) is 25.7 Å². The summed E-state index contributed by atoms with van der Waals surface area (Å²) in [6.07, 6.45) is 0.757. The van der Waals surface area contributed by atoms with Crippen molar-refractivity contribution < 1.29 is 9.26 Å². The summed E-state index contributed by atoms with van der Waals surface area (Å²) in [7, 11) is 0. The van der Waals surface area contributed by atoms with E-state index in [1.165, 1.54) is 11.3 Å². The van der Waals surface area contributed by atoms with Crippen molar-refractivity contribution in [2.24, 2.45) is 0 Å². The van der Waals surface area contributed by atoms with Gasteiger partial charge in [-0.05, 0) is 26.0 Å². The van der Waals surface area contributed by atoms with E-state index in [-0.39, 0.29) is 5.25 Å². The highest BCUT2D eigenvalue weighted by molar-refractivity contribution is 8.01. The third-order valence-electron chi connectivity index (χ3n) is 3.26. The zero-order valence-electron chi connectivity index (χ0n) is 14.2. The molecule has 25 heavy (non-hydrogen) atoms. The number of nitrogens with one attached hydrogen (secondary N) is 1. The predicted octanol–water partition coefficient (Wildman–Crippen LogP) is 4.48. The Hall–Kier alpha value is -2.13. The maximum Gasteiger partial charge on any atom is 0.239 e. The smallest absolute Gasteiger partial charge is 0.239 e. The monoisotopic (exact) mass is 377 g/mol. The largest absolute Gasteiger partial charge is 0.492 e. The normalized spacial score (nSPS) is 12.1. The molecule has 0 spiro atoms. The molecule has 7 nitrogen and oxygen atoms in total. The lowest BCUT2D eigenvalue weighted by molar-refractivity contribution is 0.342. The summed E-state index contributed by atoms with van der Waals surface area (Å²) in [5, 5.41) is 16.3. The molecule has 0 fully saturated rings. The van der Waals surface area contributed by atoms with E-state index in [0.717, 1.165) is 28.0 Å². The highest BCUT2D eigenvalue weighted by atomic mass is 32.2. The maximum atomic E-state index is 5.61. The van der Waals surface area contributed by atoms with Crippen LogP contribution in [0, 0.1) is 0 Å². The molecule has 1 unspecified atom stereocenters. The van der Waals surface area contributed by atoms with Crippen LogP contribution in [0.5, 0.6) is 5.75 Å². The van der Waals surface area contributed by atoms with Gasteiger partial charge in [-0.2, -0.15) is 4.98 Å². The van der Waals surface area contributed by atoms with E-state index in [1.54, 1.807) is 11.8 Å². The number of hydrogen-bond acceptors (Lipinski definition) is 9. The van der Waals surface area contributed by atoms with E-state index in [4.69, 9.17) is 9.26 Å². The van der Waals surface area contributed by atoms with Gasteiger partial charge in [-0.25, -0.2) is 0 Å². The average Bonchev–Trinajstić information content (AvgIpc) is 3.26. The molecule has 0 aliphatic carbocycles. The third kappa shape index (κ3) is 4.49. The summed E-state index contributed by atoms with van der Waals surface area (Å²) < 4.78 is 11.7. The minimum atomic E-state index is 0.0179. The van der Waals surface area contributed by atoms with Crippen molar-refractivity contribution >= 4 is 33.9 Å². The van der Waals surface area contributed by atoms with Gasteiger partial charge in [-0.3, -0.25) is 0 Å². The molecule has 132 valence electrons. The number of anilines is 2. The highest BCUT2D eigenvalue weighted by Crippen LogP contribution is 2.38. The molecule has 3 aromatic rings. The molecule has 0 saturated carbocycles. The van der Waals surface area contributed by atoms with Gasteiger partial charge in [0.05, 0.1) is 17.5 Å². The van der Waals surface area contributed by atoms with Crippen LogP contribution in [0.1, 0.15) is 37.7 Å². The number of ether oxygens (including phenoxy) is 1. The molecule has 0 radical (unpaired) electrons. The average molecular weight is 377 g/mol. The minimum Gasteiger partial charge on any atom is -0.492 e. The van der Waals surface area contributed by atoms with Crippen LogP contribution < -0.4 is 10.1 Å². The summed E-state index contributed by atoms with van der Waals surface area (Å²) in [5.41, 5.74) is 0.870. The van der Waals surface area contributed by atoms with Crippen LogP contribution in [0.4, 0.5) is 10.8 Å². The number of rotatable bonds is 8. The molecule has 0 amide bonds. The Morgan fingerprint density at radius 3 is 2.88 bits per heavy atom. The van der Waals surface area contributed by atoms with Crippen LogP contribution in [-0.2, 0) is 6.42 Å². The Balaban J connectivity index is 1.66. The molecule has 0 aliphatic heterocycles. The molecule has 3 rings (SSSR count). The van der Waals surface area contributed by atoms with Crippen molar-refractivity contribution in [3.05, 3.63) is 36.0 Å². The van der Waals surface area contributed by atoms with Gasteiger partial charge in [0, 0.05) is 6.42 Å². The van der Waals surface area contributed by atoms with Gasteiger partial charge in [0.1, 0.15) is 5.75 Å². The Morgan fingerprint density at radius 1 is 1.28 bits per heavy atom. The van der Waals surface area contributed by atoms with Crippen LogP contribution in [0.2, 0.25) is 0 Å². The second kappa shape index (κ2) is 8.30. The third-order valence-corrected chi connectivity index (χ3v) is 5.27. The lowest BCUT2D eigenvalue weighted by atomic mass is 10.3. The van der Waals surface area contributed by atoms with E-state index < -0.39 is 0 Å². The molecule has 2 aromatic heterocycles. The van der Waals surface area contributed by atoms with Crippen molar-refractivity contribution in [2.75, 3.05) is 11.9 Å². The number of benzene rings is 1. The highest BCUT2D eigenvalue weighted by Gasteiger charge is 2.18. The molecular formula is C16H19N5O2S2. The Kier molecular flexibility index (Phi) is 5.87. The Bertz CT molecular complexity index is 820. The van der Waals surface area contributed by atoms with Crippen LogP contribution in [0.15, 0.2) is 33.1 Å². The zero-order valence-corrected chi connectivity index (χ0v) is 15.9. The van der Waals surface area contributed by atoms with Crippen molar-refractivity contribution in [2.45, 2.75) is 36.8 Å². The van der Waals surface area contributed by atoms with E-state index in [9.17, 15) is 0 Å². The number of hydrogen-bond donors (Lipinski definition) is 1. The minimum absolute atomic E-state index is 0.0179. The van der Waals surface area contributed by atoms with Gasteiger partial charge in [0.25, 0.3) is 0 Å². The first-order chi connectivity index (χ1) is 12.2. The first-order valence-electron chi connectivity index (χ1n) is 8.01. The molecule has 2 heterocycles. The standard InChI is InChI=1S/C16H19N5O2S2/c1-4-13-18-14(23-21-13)10(3)24-16-20-19-15(25-16)17-11-8-6-7-9-12(11)22-5-2/h6-10H,4-5H2,1-3H3,(H,17,19). The molecule has 0 aliphatic rings. The number of aryl methyl sites for hydroxylation is 1. The number of thioether (sulfide) groups is 1. The summed E-state index contributed by atoms with van der Waals surface area (Å²) in [6, 6.07) is 7.76. The molecule has 1 aromatic carbocycles. The zero-order chi connectivity index (χ0) is 17.6. The first kappa shape index (κ1) is 17.7. The van der Waals surface area contributed by atoms with Crippen molar-refractivity contribution in [3.8, 4) is 5.75 Å². The SMILES string of the molecule is CCOc1ccccc1Nc1nnc(SC(C)c2nc(CC)no2)s1. The second-order valence-corrected chi connectivity index (χ2v) is 7.66. The topological polar surface area (TPSA) is 86.0 Å². The van der Waals surface area contributed by atoms with Gasteiger partial charge < -0.3 is 14.6 Å². The lowest BCUT2D eigenvalue weighted by Crippen LogP contribution is -1.97. The summed E-state index contributed by atoms with van der Waals surface area (Å²) >= 11 is 3.02. The fraction of sp³-hybridized carbons (Fsp3) is 0.375. The molecule has 9 heteroatoms. The Labute approximate surface area is 154 Å². The molecule has 1 atom stereocenters. The van der Waals surface area contributed by atoms with E-state index in [1.807, 2.05) is 45.0 Å². The predicted molar refractivity (Wildman–Crippen MR) is 98.8 cm³/mol. The number of aromatic nitrogens is 4. The summed E-state index contributed by atoms with van der Waals surface area (Å²) in [5.74, 6) is 2.11. The van der Waals surface area contributed by atoms with Gasteiger partial charge in [-0.15, -0.1) is 10.2 Å². The molecular weight excluding hydrogens is 358 g/mol. The maximum absolute atomic E-state index is 5.61. The molecule has 0 bridgehead atoms. The van der Waals surface area contributed by atoms with Crippen molar-refractivity contribution in [3.63, 3.8) is 0 Å². The quantitative estimate of drug-likeness (QED) is 0.575. The van der Waals surface area contributed by atoms with Gasteiger partial charge in [0.15, 0.2) is 10.2 Å². The number of nitrogens with zero attached hydrogens (tertiary/aromatic N) is 4. The van der Waals surface area contributed by atoms with Crippen LogP contribution in [0.3, 0.4) is 0 Å². The van der Waals surface area contributed by atoms with Gasteiger partial charge in [-0.1, -0.05) is 47.3 Å². The van der Waals surface area contributed by atoms with Crippen LogP contribution >= 0.6 is 23.1 Å².